The van der Waals surface area contributed by atoms with Crippen LogP contribution in [-0.4, -0.2) is 41.6 Å². The van der Waals surface area contributed by atoms with Crippen molar-refractivity contribution in [3.8, 4) is 5.75 Å². The second-order valence-electron chi connectivity index (χ2n) is 5.34. The van der Waals surface area contributed by atoms with E-state index in [0.717, 1.165) is 74.9 Å². The van der Waals surface area contributed by atoms with Crippen molar-refractivity contribution in [2.75, 3.05) is 31.1 Å². The molecule has 0 spiro atoms. The lowest BCUT2D eigenvalue weighted by atomic mass is 10.1. The molecule has 1 aromatic rings. The number of aromatic nitrogens is 2. The Kier molecular flexibility index (Phi) is 8.03. The van der Waals surface area contributed by atoms with Crippen molar-refractivity contribution in [2.45, 2.75) is 38.0 Å². The Morgan fingerprint density at radius 3 is 2.68 bits per heavy atom. The van der Waals surface area contributed by atoms with Crippen molar-refractivity contribution >= 4 is 43.3 Å². The zero-order chi connectivity index (χ0) is 13.9. The predicted molar refractivity (Wildman–Crippen MR) is 97.3 cm³/mol. The van der Waals surface area contributed by atoms with Crippen LogP contribution in [0.1, 0.15) is 31.3 Å². The van der Waals surface area contributed by atoms with E-state index in [4.69, 9.17) is 9.72 Å². The van der Waals surface area contributed by atoms with Crippen molar-refractivity contribution in [1.29, 1.82) is 0 Å². The Hall–Kier alpha value is -0.430. The summed E-state index contributed by atoms with van der Waals surface area (Å²) >= 11 is 4.46. The van der Waals surface area contributed by atoms with Gasteiger partial charge in [0, 0.05) is 32.6 Å². The Balaban J connectivity index is 0.00000121. The zero-order valence-electron chi connectivity index (χ0n) is 12.7. The molecule has 1 saturated heterocycles. The highest BCUT2D eigenvalue weighted by molar-refractivity contribution is 7.80. The highest BCUT2D eigenvalue weighted by atomic mass is 35.5. The molecular formula is C14H24Cl2N4OS. The molecule has 5 nitrogen and oxygen atoms in total. The molecule has 3 heterocycles. The van der Waals surface area contributed by atoms with E-state index in [2.05, 4.69) is 34.8 Å². The second kappa shape index (κ2) is 9.01. The minimum atomic E-state index is -0.0372. The molecule has 1 aromatic heterocycles. The van der Waals surface area contributed by atoms with Crippen LogP contribution in [-0.2, 0) is 12.8 Å². The largest absolute Gasteiger partial charge is 0.474 e. The van der Waals surface area contributed by atoms with Crippen LogP contribution in [0.15, 0.2) is 0 Å². The summed E-state index contributed by atoms with van der Waals surface area (Å²) in [6.45, 7) is 6.08. The van der Waals surface area contributed by atoms with Gasteiger partial charge in [-0.3, -0.25) is 0 Å². The molecule has 0 aromatic carbocycles. The van der Waals surface area contributed by atoms with E-state index in [1.165, 1.54) is 0 Å². The second-order valence-corrected chi connectivity index (χ2v) is 5.91. The first-order valence-electron chi connectivity index (χ1n) is 7.48. The van der Waals surface area contributed by atoms with E-state index in [-0.39, 0.29) is 30.3 Å². The molecule has 1 fully saturated rings. The maximum absolute atomic E-state index is 5.93. The fourth-order valence-corrected chi connectivity index (χ4v) is 2.94. The van der Waals surface area contributed by atoms with Crippen molar-refractivity contribution in [2.24, 2.45) is 0 Å². The first kappa shape index (κ1) is 19.6. The van der Waals surface area contributed by atoms with Crippen LogP contribution in [0.2, 0.25) is 0 Å². The zero-order valence-corrected chi connectivity index (χ0v) is 15.3. The summed E-state index contributed by atoms with van der Waals surface area (Å²) < 4.78 is 5.93. The van der Waals surface area contributed by atoms with Gasteiger partial charge in [-0.25, -0.2) is 9.97 Å². The summed E-state index contributed by atoms with van der Waals surface area (Å²) in [5.74, 6) is 2.78. The molecule has 3 rings (SSSR count). The van der Waals surface area contributed by atoms with Crippen molar-refractivity contribution in [3.63, 3.8) is 0 Å². The number of hydrogen-bond acceptors (Lipinski definition) is 6. The number of hydrogen-bond donors (Lipinski definition) is 2. The lowest BCUT2D eigenvalue weighted by Gasteiger charge is -2.32. The van der Waals surface area contributed by atoms with E-state index in [0.29, 0.717) is 0 Å². The van der Waals surface area contributed by atoms with Crippen LogP contribution >= 0.6 is 37.4 Å². The predicted octanol–water partition coefficient (Wildman–Crippen LogP) is 2.26. The summed E-state index contributed by atoms with van der Waals surface area (Å²) in [5.41, 5.74) is 1.02. The monoisotopic (exact) mass is 366 g/mol. The molecule has 22 heavy (non-hydrogen) atoms. The quantitative estimate of drug-likeness (QED) is 0.803. The van der Waals surface area contributed by atoms with Gasteiger partial charge in [-0.2, -0.15) is 0 Å². The molecular weight excluding hydrogens is 343 g/mol. The van der Waals surface area contributed by atoms with Gasteiger partial charge in [0.2, 0.25) is 0 Å². The first-order chi connectivity index (χ1) is 9.78. The third-order valence-corrected chi connectivity index (χ3v) is 4.10. The number of rotatable bonds is 3. The maximum Gasteiger partial charge on any atom is 0.184 e. The van der Waals surface area contributed by atoms with Gasteiger partial charge in [0.05, 0.1) is 5.69 Å². The minimum absolute atomic E-state index is 0. The van der Waals surface area contributed by atoms with Gasteiger partial charge in [0.15, 0.2) is 11.6 Å². The average Bonchev–Trinajstić information content (AvgIpc) is 2.48. The van der Waals surface area contributed by atoms with Crippen LogP contribution < -0.4 is 15.0 Å². The van der Waals surface area contributed by atoms with Crippen LogP contribution in [0.3, 0.4) is 0 Å². The van der Waals surface area contributed by atoms with Gasteiger partial charge >= 0.3 is 0 Å². The topological polar surface area (TPSA) is 50.3 Å². The molecule has 2 aliphatic rings. The molecule has 0 amide bonds. The lowest BCUT2D eigenvalue weighted by molar-refractivity contribution is 0.253. The van der Waals surface area contributed by atoms with Gasteiger partial charge in [0.1, 0.15) is 11.3 Å². The van der Waals surface area contributed by atoms with Gasteiger partial charge in [-0.15, -0.1) is 37.4 Å². The molecule has 1 N–H and O–H groups in total. The third-order valence-electron chi connectivity index (χ3n) is 3.74. The summed E-state index contributed by atoms with van der Waals surface area (Å²) in [5, 5.41) is 3.37. The summed E-state index contributed by atoms with van der Waals surface area (Å²) in [4.78, 5) is 11.8. The first-order valence-corrected chi connectivity index (χ1v) is 7.99. The number of nitrogens with zero attached hydrogens (tertiary/aromatic N) is 3. The summed E-state index contributed by atoms with van der Waals surface area (Å²) in [6.07, 6.45) is 3.84. The Bertz CT molecular complexity index is 486. The molecule has 0 saturated carbocycles. The Labute approximate surface area is 149 Å². The van der Waals surface area contributed by atoms with Gasteiger partial charge < -0.3 is 15.0 Å². The fourth-order valence-electron chi connectivity index (χ4n) is 2.71. The highest BCUT2D eigenvalue weighted by Crippen LogP contribution is 2.36. The van der Waals surface area contributed by atoms with E-state index in [1.54, 1.807) is 0 Å². The van der Waals surface area contributed by atoms with Crippen LogP contribution in [0.4, 0.5) is 5.82 Å². The molecule has 2 aliphatic heterocycles. The Morgan fingerprint density at radius 1 is 1.27 bits per heavy atom. The highest BCUT2D eigenvalue weighted by Gasteiger charge is 2.26. The molecule has 0 radical (unpaired) electrons. The number of thiol groups is 1. The third kappa shape index (κ3) is 4.31. The molecule has 1 unspecified atom stereocenters. The fraction of sp³-hybridized carbons (Fsp3) is 0.714. The maximum atomic E-state index is 5.93. The van der Waals surface area contributed by atoms with E-state index in [9.17, 15) is 0 Å². The summed E-state index contributed by atoms with van der Waals surface area (Å²) in [7, 11) is 0. The Morgan fingerprint density at radius 2 is 2.00 bits per heavy atom. The number of anilines is 1. The number of halogens is 2. The van der Waals surface area contributed by atoms with Crippen LogP contribution in [0.25, 0.3) is 0 Å². The molecule has 1 atom stereocenters. The van der Waals surface area contributed by atoms with Gasteiger partial charge in [-0.1, -0.05) is 6.92 Å². The van der Waals surface area contributed by atoms with E-state index in [1.807, 2.05) is 0 Å². The van der Waals surface area contributed by atoms with Crippen molar-refractivity contribution < 1.29 is 4.74 Å². The molecule has 8 heteroatoms. The standard InChI is InChI=1S/C14H22N4OS.2ClH/c1-2-3-11-16-10-4-5-12(20)19-13(10)14(17-11)18-8-6-15-7-9-18;;/h12,15,20H,2-9H2,1H3;2*1H. The molecule has 0 bridgehead atoms. The lowest BCUT2D eigenvalue weighted by Crippen LogP contribution is -2.44. The normalized spacial score (nSPS) is 20.3. The SMILES string of the molecule is CCCc1nc2c(c(N3CCNCC3)n1)OC(S)CC2.Cl.Cl. The number of fused-ring (bicyclic) bond motifs is 1. The minimum Gasteiger partial charge on any atom is -0.474 e. The number of nitrogens with one attached hydrogen (secondary N) is 1. The number of ether oxygens (including phenoxy) is 1. The van der Waals surface area contributed by atoms with Crippen LogP contribution in [0, 0.1) is 0 Å². The van der Waals surface area contributed by atoms with E-state index >= 15 is 0 Å². The number of aryl methyl sites for hydroxylation is 2. The van der Waals surface area contributed by atoms with Gasteiger partial charge in [0.25, 0.3) is 0 Å². The molecule has 126 valence electrons. The summed E-state index contributed by atoms with van der Waals surface area (Å²) in [6, 6.07) is 0. The van der Waals surface area contributed by atoms with Crippen molar-refractivity contribution in [3.05, 3.63) is 11.5 Å². The van der Waals surface area contributed by atoms with Gasteiger partial charge in [-0.05, 0) is 19.3 Å². The average molecular weight is 367 g/mol. The van der Waals surface area contributed by atoms with E-state index < -0.39 is 0 Å². The van der Waals surface area contributed by atoms with Crippen LogP contribution in [0.5, 0.6) is 5.75 Å². The number of piperazine rings is 1. The smallest absolute Gasteiger partial charge is 0.184 e. The van der Waals surface area contributed by atoms with Crippen molar-refractivity contribution in [1.82, 2.24) is 15.3 Å². The molecule has 0 aliphatic carbocycles.